The highest BCUT2D eigenvalue weighted by molar-refractivity contribution is 5.48. The number of rotatable bonds is 4. The first kappa shape index (κ1) is 12.4. The van der Waals surface area contributed by atoms with Gasteiger partial charge in [-0.1, -0.05) is 19.9 Å². The molecule has 1 aromatic rings. The maximum Gasteiger partial charge on any atom is 0.122 e. The molecule has 0 spiro atoms. The van der Waals surface area contributed by atoms with Crippen LogP contribution in [0.15, 0.2) is 12.1 Å². The van der Waals surface area contributed by atoms with Gasteiger partial charge in [-0.05, 0) is 48.4 Å². The van der Waals surface area contributed by atoms with Gasteiger partial charge < -0.3 is 9.84 Å². The molecule has 0 aliphatic heterocycles. The summed E-state index contributed by atoms with van der Waals surface area (Å²) in [4.78, 5) is 0. The molecule has 1 aliphatic carbocycles. The molecule has 0 atom stereocenters. The number of ether oxygens (including phenoxy) is 1. The summed E-state index contributed by atoms with van der Waals surface area (Å²) in [6.07, 6.45) is 2.21. The van der Waals surface area contributed by atoms with E-state index in [4.69, 9.17) is 4.74 Å². The van der Waals surface area contributed by atoms with Crippen LogP contribution in [0.2, 0.25) is 0 Å². The van der Waals surface area contributed by atoms with E-state index in [2.05, 4.69) is 32.9 Å². The Kier molecular flexibility index (Phi) is 3.17. The lowest BCUT2D eigenvalue weighted by molar-refractivity contribution is 0.254. The molecule has 2 rings (SSSR count). The van der Waals surface area contributed by atoms with E-state index in [0.717, 1.165) is 18.6 Å². The monoisotopic (exact) mass is 234 g/mol. The minimum atomic E-state index is 0.0417. The van der Waals surface area contributed by atoms with Gasteiger partial charge in [0.2, 0.25) is 0 Å². The summed E-state index contributed by atoms with van der Waals surface area (Å²) < 4.78 is 5.45. The quantitative estimate of drug-likeness (QED) is 0.867. The van der Waals surface area contributed by atoms with Crippen molar-refractivity contribution in [2.75, 3.05) is 13.7 Å². The first-order valence-electron chi connectivity index (χ1n) is 6.34. The average molecular weight is 234 g/mol. The van der Waals surface area contributed by atoms with Gasteiger partial charge in [0, 0.05) is 5.41 Å². The Hall–Kier alpha value is -1.02. The third-order valence-electron chi connectivity index (χ3n) is 3.93. The fourth-order valence-electron chi connectivity index (χ4n) is 2.56. The summed E-state index contributed by atoms with van der Waals surface area (Å²) >= 11 is 0. The molecule has 0 amide bonds. The number of hydrogen-bond acceptors (Lipinski definition) is 2. The second-order valence-electron chi connectivity index (χ2n) is 5.50. The summed E-state index contributed by atoms with van der Waals surface area (Å²) in [7, 11) is 1.72. The zero-order valence-electron chi connectivity index (χ0n) is 11.2. The molecule has 17 heavy (non-hydrogen) atoms. The third kappa shape index (κ3) is 2.06. The Bertz CT molecular complexity index is 417. The summed E-state index contributed by atoms with van der Waals surface area (Å²) in [6.45, 7) is 6.72. The standard InChI is InChI=1S/C15H22O2/c1-10(2)12-8-13(15(9-16)5-6-15)11(3)7-14(12)17-4/h7-8,10,16H,5-6,9H2,1-4H3. The van der Waals surface area contributed by atoms with Gasteiger partial charge in [0.1, 0.15) is 5.75 Å². The van der Waals surface area contributed by atoms with Gasteiger partial charge in [-0.25, -0.2) is 0 Å². The van der Waals surface area contributed by atoms with Crippen molar-refractivity contribution in [3.63, 3.8) is 0 Å². The Balaban J connectivity index is 2.51. The van der Waals surface area contributed by atoms with E-state index in [1.54, 1.807) is 7.11 Å². The topological polar surface area (TPSA) is 29.5 Å². The molecule has 1 saturated carbocycles. The van der Waals surface area contributed by atoms with Crippen molar-refractivity contribution in [2.45, 2.75) is 44.9 Å². The van der Waals surface area contributed by atoms with Gasteiger partial charge in [-0.3, -0.25) is 0 Å². The average Bonchev–Trinajstić information content (AvgIpc) is 3.09. The molecule has 1 N–H and O–H groups in total. The van der Waals surface area contributed by atoms with Crippen molar-refractivity contribution >= 4 is 0 Å². The van der Waals surface area contributed by atoms with Crippen LogP contribution in [0.3, 0.4) is 0 Å². The molecule has 0 radical (unpaired) electrons. The molecule has 0 bridgehead atoms. The van der Waals surface area contributed by atoms with Gasteiger partial charge in [0.05, 0.1) is 13.7 Å². The minimum absolute atomic E-state index is 0.0417. The molecule has 1 fully saturated rings. The van der Waals surface area contributed by atoms with Gasteiger partial charge in [0.25, 0.3) is 0 Å². The molecule has 0 heterocycles. The van der Waals surface area contributed by atoms with Gasteiger partial charge in [-0.2, -0.15) is 0 Å². The fraction of sp³-hybridized carbons (Fsp3) is 0.600. The molecule has 1 aromatic carbocycles. The molecule has 2 nitrogen and oxygen atoms in total. The SMILES string of the molecule is COc1cc(C)c(C2(CO)CC2)cc1C(C)C. The Labute approximate surface area is 104 Å². The normalized spacial score (nSPS) is 17.3. The van der Waals surface area contributed by atoms with E-state index in [0.29, 0.717) is 5.92 Å². The highest BCUT2D eigenvalue weighted by Crippen LogP contribution is 2.50. The van der Waals surface area contributed by atoms with Crippen molar-refractivity contribution in [1.29, 1.82) is 0 Å². The Morgan fingerprint density at radius 1 is 1.35 bits per heavy atom. The molecular formula is C15H22O2. The zero-order chi connectivity index (χ0) is 12.6. The first-order valence-corrected chi connectivity index (χ1v) is 6.34. The Morgan fingerprint density at radius 3 is 2.41 bits per heavy atom. The third-order valence-corrected chi connectivity index (χ3v) is 3.93. The maximum atomic E-state index is 9.56. The van der Waals surface area contributed by atoms with Gasteiger partial charge in [0.15, 0.2) is 0 Å². The molecule has 0 saturated heterocycles. The number of hydrogen-bond donors (Lipinski definition) is 1. The molecule has 0 aromatic heterocycles. The van der Waals surface area contributed by atoms with E-state index in [1.165, 1.54) is 16.7 Å². The molecule has 1 aliphatic rings. The summed E-state index contributed by atoms with van der Waals surface area (Å²) in [5, 5.41) is 9.56. The molecule has 2 heteroatoms. The van der Waals surface area contributed by atoms with E-state index in [1.807, 2.05) is 0 Å². The van der Waals surface area contributed by atoms with Crippen molar-refractivity contribution < 1.29 is 9.84 Å². The van der Waals surface area contributed by atoms with Crippen molar-refractivity contribution in [1.82, 2.24) is 0 Å². The molecule has 0 unspecified atom stereocenters. The highest BCUT2D eigenvalue weighted by atomic mass is 16.5. The minimum Gasteiger partial charge on any atom is -0.496 e. The fourth-order valence-corrected chi connectivity index (χ4v) is 2.56. The largest absolute Gasteiger partial charge is 0.496 e. The lowest BCUT2D eigenvalue weighted by Gasteiger charge is -2.20. The van der Waals surface area contributed by atoms with Crippen LogP contribution in [0.25, 0.3) is 0 Å². The predicted molar refractivity (Wildman–Crippen MR) is 69.8 cm³/mol. The summed E-state index contributed by atoms with van der Waals surface area (Å²) in [5.74, 6) is 1.41. The van der Waals surface area contributed by atoms with Crippen molar-refractivity contribution in [3.05, 3.63) is 28.8 Å². The number of aliphatic hydroxyl groups excluding tert-OH is 1. The van der Waals surface area contributed by atoms with Crippen LogP contribution in [0.1, 0.15) is 49.3 Å². The Morgan fingerprint density at radius 2 is 2.00 bits per heavy atom. The molecular weight excluding hydrogens is 212 g/mol. The predicted octanol–water partition coefficient (Wildman–Crippen LogP) is 3.15. The van der Waals surface area contributed by atoms with Crippen molar-refractivity contribution in [3.8, 4) is 5.75 Å². The second-order valence-corrected chi connectivity index (χ2v) is 5.50. The van der Waals surface area contributed by atoms with Crippen LogP contribution < -0.4 is 4.74 Å². The van der Waals surface area contributed by atoms with E-state index in [9.17, 15) is 5.11 Å². The van der Waals surface area contributed by atoms with E-state index < -0.39 is 0 Å². The van der Waals surface area contributed by atoms with Crippen LogP contribution in [0.5, 0.6) is 5.75 Å². The molecule has 94 valence electrons. The number of methoxy groups -OCH3 is 1. The van der Waals surface area contributed by atoms with Crippen LogP contribution in [0.4, 0.5) is 0 Å². The maximum absolute atomic E-state index is 9.56. The van der Waals surface area contributed by atoms with Crippen LogP contribution in [-0.2, 0) is 5.41 Å². The van der Waals surface area contributed by atoms with E-state index in [-0.39, 0.29) is 12.0 Å². The van der Waals surface area contributed by atoms with Gasteiger partial charge in [-0.15, -0.1) is 0 Å². The first-order chi connectivity index (χ1) is 8.04. The summed E-state index contributed by atoms with van der Waals surface area (Å²) in [6, 6.07) is 4.35. The van der Waals surface area contributed by atoms with Crippen molar-refractivity contribution in [2.24, 2.45) is 0 Å². The second kappa shape index (κ2) is 4.34. The lowest BCUT2D eigenvalue weighted by Crippen LogP contribution is -2.14. The van der Waals surface area contributed by atoms with E-state index >= 15 is 0 Å². The lowest BCUT2D eigenvalue weighted by atomic mass is 9.88. The van der Waals surface area contributed by atoms with Gasteiger partial charge >= 0.3 is 0 Å². The van der Waals surface area contributed by atoms with Crippen LogP contribution >= 0.6 is 0 Å². The van der Waals surface area contributed by atoms with Crippen LogP contribution in [-0.4, -0.2) is 18.8 Å². The van der Waals surface area contributed by atoms with Crippen LogP contribution in [0, 0.1) is 6.92 Å². The number of aliphatic hydroxyl groups is 1. The smallest absolute Gasteiger partial charge is 0.122 e. The zero-order valence-corrected chi connectivity index (χ0v) is 11.2. The summed E-state index contributed by atoms with van der Waals surface area (Å²) in [5.41, 5.74) is 3.83. The highest BCUT2D eigenvalue weighted by Gasteiger charge is 2.44. The number of aryl methyl sites for hydroxylation is 1. The number of benzene rings is 1.